The summed E-state index contributed by atoms with van der Waals surface area (Å²) in [4.78, 5) is 2.34. The first-order valence-electron chi connectivity index (χ1n) is 21.1. The molecule has 10 aromatic carbocycles. The molecule has 0 saturated carbocycles. The quantitative estimate of drug-likeness (QED) is 0.145. The highest BCUT2D eigenvalue weighted by Crippen LogP contribution is 2.39. The number of hydrogen-bond donors (Lipinski definition) is 0. The van der Waals surface area contributed by atoms with Gasteiger partial charge in [-0.1, -0.05) is 188 Å². The van der Waals surface area contributed by atoms with Crippen molar-refractivity contribution in [3.8, 4) is 67.0 Å². The lowest BCUT2D eigenvalue weighted by atomic mass is 9.98. The lowest BCUT2D eigenvalue weighted by Crippen LogP contribution is -2.09. The molecule has 0 bridgehead atoms. The van der Waals surface area contributed by atoms with Crippen LogP contribution < -0.4 is 4.90 Å². The molecule has 292 valence electrons. The van der Waals surface area contributed by atoms with Crippen molar-refractivity contribution in [2.75, 3.05) is 4.90 Å². The molecule has 0 aliphatic rings. The normalized spacial score (nSPS) is 11.2. The maximum absolute atomic E-state index is 6.18. The van der Waals surface area contributed by atoms with E-state index in [0.29, 0.717) is 0 Å². The van der Waals surface area contributed by atoms with Crippen molar-refractivity contribution in [3.63, 3.8) is 0 Å². The maximum Gasteiger partial charge on any atom is 0.135 e. The van der Waals surface area contributed by atoms with Crippen LogP contribution >= 0.6 is 0 Å². The molecule has 2 heteroatoms. The summed E-state index contributed by atoms with van der Waals surface area (Å²) in [7, 11) is 0. The topological polar surface area (TPSA) is 16.4 Å². The number of benzene rings is 10. The fourth-order valence-electron chi connectivity index (χ4n) is 8.54. The summed E-state index contributed by atoms with van der Waals surface area (Å²) in [5, 5.41) is 3.60. The third kappa shape index (κ3) is 7.36. The van der Waals surface area contributed by atoms with Gasteiger partial charge in [0, 0.05) is 28.0 Å². The van der Waals surface area contributed by atoms with E-state index < -0.39 is 0 Å². The molecule has 0 atom stereocenters. The van der Waals surface area contributed by atoms with E-state index in [1.165, 1.54) is 49.7 Å². The largest absolute Gasteiger partial charge is 0.456 e. The summed E-state index contributed by atoms with van der Waals surface area (Å²) in [6, 6.07) is 89.1. The molecule has 11 rings (SSSR count). The van der Waals surface area contributed by atoms with Crippen LogP contribution in [0.5, 0.6) is 0 Å². The minimum atomic E-state index is 0.879. The lowest BCUT2D eigenvalue weighted by Gasteiger charge is -2.26. The Morgan fingerprint density at radius 3 is 1.13 bits per heavy atom. The number of anilines is 3. The molecular weight excluding hydrogens is 751 g/mol. The Kier molecular flexibility index (Phi) is 9.57. The van der Waals surface area contributed by atoms with Gasteiger partial charge < -0.3 is 9.32 Å². The SMILES string of the molecule is c1ccc(-c2ccc(-c3ccc(N(c4ccc(-c5ccc(-c6cccc(-c7cc8ccccc8o7)c6)cc5)cc4)c4ccc(-c5ccc6ccccc6c5)cc4)cc3)cc2)cc1. The summed E-state index contributed by atoms with van der Waals surface area (Å²) >= 11 is 0. The second kappa shape index (κ2) is 16.1. The van der Waals surface area contributed by atoms with Crippen molar-refractivity contribution in [1.29, 1.82) is 0 Å². The van der Waals surface area contributed by atoms with E-state index in [1.54, 1.807) is 0 Å². The Hall–Kier alpha value is -8.20. The molecule has 0 aliphatic carbocycles. The maximum atomic E-state index is 6.18. The molecule has 0 fully saturated rings. The van der Waals surface area contributed by atoms with E-state index in [4.69, 9.17) is 4.42 Å². The first-order chi connectivity index (χ1) is 30.7. The summed E-state index contributed by atoms with van der Waals surface area (Å²) in [6.07, 6.45) is 0. The van der Waals surface area contributed by atoms with Gasteiger partial charge in [0.15, 0.2) is 0 Å². The summed E-state index contributed by atoms with van der Waals surface area (Å²) in [5.41, 5.74) is 17.1. The molecule has 0 amide bonds. The fraction of sp³-hybridized carbons (Fsp3) is 0. The highest BCUT2D eigenvalue weighted by molar-refractivity contribution is 5.89. The number of hydrogen-bond acceptors (Lipinski definition) is 2. The highest BCUT2D eigenvalue weighted by atomic mass is 16.3. The molecule has 0 N–H and O–H groups in total. The number of nitrogens with zero attached hydrogens (tertiary/aromatic N) is 1. The molecule has 1 heterocycles. The van der Waals surface area contributed by atoms with E-state index >= 15 is 0 Å². The van der Waals surface area contributed by atoms with Crippen molar-refractivity contribution >= 4 is 38.8 Å². The Labute approximate surface area is 362 Å². The molecular formula is C60H41NO. The van der Waals surface area contributed by atoms with Gasteiger partial charge in [-0.3, -0.25) is 0 Å². The lowest BCUT2D eigenvalue weighted by molar-refractivity contribution is 0.631. The zero-order valence-corrected chi connectivity index (χ0v) is 34.0. The Morgan fingerprint density at radius 2 is 0.597 bits per heavy atom. The van der Waals surface area contributed by atoms with Gasteiger partial charge in [0.1, 0.15) is 11.3 Å². The van der Waals surface area contributed by atoms with Crippen LogP contribution in [0.1, 0.15) is 0 Å². The second-order valence-electron chi connectivity index (χ2n) is 15.8. The number of fused-ring (bicyclic) bond motifs is 2. The predicted molar refractivity (Wildman–Crippen MR) is 261 cm³/mol. The minimum absolute atomic E-state index is 0.879. The highest BCUT2D eigenvalue weighted by Gasteiger charge is 2.15. The first-order valence-corrected chi connectivity index (χ1v) is 21.1. The van der Waals surface area contributed by atoms with E-state index in [1.807, 2.05) is 18.2 Å². The second-order valence-corrected chi connectivity index (χ2v) is 15.8. The molecule has 11 aromatic rings. The van der Waals surface area contributed by atoms with Crippen molar-refractivity contribution in [1.82, 2.24) is 0 Å². The fourth-order valence-corrected chi connectivity index (χ4v) is 8.54. The van der Waals surface area contributed by atoms with Gasteiger partial charge in [-0.2, -0.15) is 0 Å². The Morgan fingerprint density at radius 1 is 0.226 bits per heavy atom. The zero-order valence-electron chi connectivity index (χ0n) is 34.0. The smallest absolute Gasteiger partial charge is 0.135 e. The molecule has 1 aromatic heterocycles. The summed E-state index contributed by atoms with van der Waals surface area (Å²) in [6.45, 7) is 0. The number of rotatable bonds is 9. The average Bonchev–Trinajstić information content (AvgIpc) is 3.80. The van der Waals surface area contributed by atoms with Gasteiger partial charge >= 0.3 is 0 Å². The van der Waals surface area contributed by atoms with Gasteiger partial charge in [-0.15, -0.1) is 0 Å². The monoisotopic (exact) mass is 791 g/mol. The van der Waals surface area contributed by atoms with Crippen LogP contribution in [0.4, 0.5) is 17.1 Å². The molecule has 0 radical (unpaired) electrons. The first kappa shape index (κ1) is 36.8. The van der Waals surface area contributed by atoms with Crippen LogP contribution in [-0.2, 0) is 0 Å². The molecule has 0 saturated heterocycles. The molecule has 0 spiro atoms. The molecule has 0 aliphatic heterocycles. The number of para-hydroxylation sites is 1. The van der Waals surface area contributed by atoms with Gasteiger partial charge in [0.05, 0.1) is 0 Å². The molecule has 0 unspecified atom stereocenters. The van der Waals surface area contributed by atoms with Crippen LogP contribution in [0.25, 0.3) is 88.7 Å². The third-order valence-corrected chi connectivity index (χ3v) is 11.9. The van der Waals surface area contributed by atoms with Crippen LogP contribution in [0.3, 0.4) is 0 Å². The van der Waals surface area contributed by atoms with Crippen molar-refractivity contribution < 1.29 is 4.42 Å². The van der Waals surface area contributed by atoms with Crippen LogP contribution in [-0.4, -0.2) is 0 Å². The van der Waals surface area contributed by atoms with Gasteiger partial charge in [-0.05, 0) is 127 Å². The van der Waals surface area contributed by atoms with Crippen LogP contribution in [0.15, 0.2) is 253 Å². The zero-order chi connectivity index (χ0) is 41.2. The van der Waals surface area contributed by atoms with E-state index in [-0.39, 0.29) is 0 Å². The van der Waals surface area contributed by atoms with Crippen molar-refractivity contribution in [2.24, 2.45) is 0 Å². The third-order valence-electron chi connectivity index (χ3n) is 11.9. The molecule has 62 heavy (non-hydrogen) atoms. The van der Waals surface area contributed by atoms with Crippen LogP contribution in [0.2, 0.25) is 0 Å². The van der Waals surface area contributed by atoms with Gasteiger partial charge in [0.25, 0.3) is 0 Å². The number of furan rings is 1. The minimum Gasteiger partial charge on any atom is -0.456 e. The Balaban J connectivity index is 0.884. The summed E-state index contributed by atoms with van der Waals surface area (Å²) in [5.74, 6) is 0.879. The van der Waals surface area contributed by atoms with Gasteiger partial charge in [-0.25, -0.2) is 0 Å². The summed E-state index contributed by atoms with van der Waals surface area (Å²) < 4.78 is 6.18. The van der Waals surface area contributed by atoms with E-state index in [9.17, 15) is 0 Å². The van der Waals surface area contributed by atoms with E-state index in [2.05, 4.69) is 235 Å². The van der Waals surface area contributed by atoms with Gasteiger partial charge in [0.2, 0.25) is 0 Å². The predicted octanol–water partition coefficient (Wildman–Crippen LogP) is 17.1. The van der Waals surface area contributed by atoms with Crippen molar-refractivity contribution in [2.45, 2.75) is 0 Å². The Bertz CT molecular complexity index is 3260. The van der Waals surface area contributed by atoms with Crippen molar-refractivity contribution in [3.05, 3.63) is 249 Å². The molecule has 2 nitrogen and oxygen atoms in total. The van der Waals surface area contributed by atoms with E-state index in [0.717, 1.165) is 56.0 Å². The average molecular weight is 792 g/mol. The van der Waals surface area contributed by atoms with Crippen LogP contribution in [0, 0.1) is 0 Å². The standard InChI is InChI=1S/C60H41NO/c1-2-9-42(10-3-1)44-17-19-45(20-18-44)47-27-33-56(34-28-47)61(58-37-31-50(32-38-58)53-26-25-43-11-4-5-12-51(43)39-53)57-35-29-48(30-36-57)46-21-23-49(24-22-46)52-14-8-15-54(40-52)60-41-55-13-6-7-16-59(55)62-60/h1-41H.